The highest BCUT2D eigenvalue weighted by molar-refractivity contribution is 4.93. The van der Waals surface area contributed by atoms with Gasteiger partial charge in [0.1, 0.15) is 0 Å². The van der Waals surface area contributed by atoms with E-state index in [9.17, 15) is 0 Å². The molecule has 2 aliphatic carbocycles. The maximum atomic E-state index is 6.26. The van der Waals surface area contributed by atoms with Crippen molar-refractivity contribution in [2.75, 3.05) is 0 Å². The fourth-order valence-electron chi connectivity index (χ4n) is 2.52. The molecule has 2 heteroatoms. The maximum Gasteiger partial charge on any atom is 0.0734 e. The van der Waals surface area contributed by atoms with Gasteiger partial charge in [0.25, 0.3) is 0 Å². The zero-order valence-electron chi connectivity index (χ0n) is 9.46. The van der Waals surface area contributed by atoms with E-state index in [1.54, 1.807) is 0 Å². The Hall–Kier alpha value is -0.0800. The molecular weight excluding hydrogens is 174 g/mol. The van der Waals surface area contributed by atoms with Crippen molar-refractivity contribution >= 4 is 0 Å². The van der Waals surface area contributed by atoms with Crippen molar-refractivity contribution in [1.82, 2.24) is 0 Å². The predicted octanol–water partition coefficient (Wildman–Crippen LogP) is 2.46. The molecule has 0 heterocycles. The van der Waals surface area contributed by atoms with Crippen molar-refractivity contribution in [2.24, 2.45) is 11.1 Å². The van der Waals surface area contributed by atoms with Gasteiger partial charge in [-0.15, -0.1) is 0 Å². The Morgan fingerprint density at radius 2 is 1.86 bits per heavy atom. The number of rotatable bonds is 2. The van der Waals surface area contributed by atoms with Crippen molar-refractivity contribution in [1.29, 1.82) is 0 Å². The van der Waals surface area contributed by atoms with Gasteiger partial charge in [-0.3, -0.25) is 0 Å². The smallest absolute Gasteiger partial charge is 0.0734 e. The lowest BCUT2D eigenvalue weighted by molar-refractivity contribution is -0.0935. The van der Waals surface area contributed by atoms with Crippen molar-refractivity contribution in [3.63, 3.8) is 0 Å². The van der Waals surface area contributed by atoms with E-state index in [-0.39, 0.29) is 11.5 Å². The van der Waals surface area contributed by atoms with Gasteiger partial charge in [-0.1, -0.05) is 20.3 Å². The molecule has 2 unspecified atom stereocenters. The Bertz CT molecular complexity index is 198. The number of nitrogens with two attached hydrogens (primary N) is 1. The standard InChI is InChI=1S/C12H23NO/c1-12(2)8-4-7-10(11(12)13)14-9-5-3-6-9/h9-11H,3-8,13H2,1-2H3. The van der Waals surface area contributed by atoms with Crippen LogP contribution in [-0.4, -0.2) is 18.2 Å². The summed E-state index contributed by atoms with van der Waals surface area (Å²) in [7, 11) is 0. The van der Waals surface area contributed by atoms with E-state index in [0.717, 1.165) is 0 Å². The van der Waals surface area contributed by atoms with Crippen LogP contribution < -0.4 is 5.73 Å². The third-order valence-electron chi connectivity index (χ3n) is 4.03. The van der Waals surface area contributed by atoms with Gasteiger partial charge in [0, 0.05) is 6.04 Å². The lowest BCUT2D eigenvalue weighted by Gasteiger charge is -2.44. The summed E-state index contributed by atoms with van der Waals surface area (Å²) in [5.74, 6) is 0. The van der Waals surface area contributed by atoms with Crippen LogP contribution in [0.5, 0.6) is 0 Å². The lowest BCUT2D eigenvalue weighted by Crippen LogP contribution is -2.52. The van der Waals surface area contributed by atoms with Crippen LogP contribution in [-0.2, 0) is 4.74 Å². The molecule has 0 aromatic heterocycles. The number of ether oxygens (including phenoxy) is 1. The molecule has 14 heavy (non-hydrogen) atoms. The van der Waals surface area contributed by atoms with Crippen LogP contribution in [0.4, 0.5) is 0 Å². The molecule has 2 saturated carbocycles. The van der Waals surface area contributed by atoms with Crippen LogP contribution in [0, 0.1) is 5.41 Å². The fourth-order valence-corrected chi connectivity index (χ4v) is 2.52. The van der Waals surface area contributed by atoms with Crippen LogP contribution in [0.15, 0.2) is 0 Å². The minimum Gasteiger partial charge on any atom is -0.373 e. The zero-order chi connectivity index (χ0) is 10.2. The summed E-state index contributed by atoms with van der Waals surface area (Å²) in [4.78, 5) is 0. The Morgan fingerprint density at radius 3 is 2.43 bits per heavy atom. The molecule has 82 valence electrons. The molecule has 0 bridgehead atoms. The molecule has 0 spiro atoms. The molecule has 2 rings (SSSR count). The molecule has 2 fully saturated rings. The average Bonchev–Trinajstić information content (AvgIpc) is 2.04. The molecule has 2 N–H and O–H groups in total. The summed E-state index contributed by atoms with van der Waals surface area (Å²) in [5, 5.41) is 0. The topological polar surface area (TPSA) is 35.2 Å². The monoisotopic (exact) mass is 197 g/mol. The van der Waals surface area contributed by atoms with Crippen LogP contribution >= 0.6 is 0 Å². The van der Waals surface area contributed by atoms with Crippen LogP contribution in [0.2, 0.25) is 0 Å². The van der Waals surface area contributed by atoms with E-state index in [1.807, 2.05) is 0 Å². The molecular formula is C12H23NO. The highest BCUT2D eigenvalue weighted by atomic mass is 16.5. The number of hydrogen-bond acceptors (Lipinski definition) is 2. The first-order valence-corrected chi connectivity index (χ1v) is 6.01. The molecule has 0 saturated heterocycles. The third-order valence-corrected chi connectivity index (χ3v) is 4.03. The zero-order valence-corrected chi connectivity index (χ0v) is 9.46. The Balaban J connectivity index is 1.90. The van der Waals surface area contributed by atoms with Gasteiger partial charge in [-0.25, -0.2) is 0 Å². The minimum atomic E-state index is 0.233. The second-order valence-corrected chi connectivity index (χ2v) is 5.63. The van der Waals surface area contributed by atoms with Gasteiger partial charge in [0.2, 0.25) is 0 Å². The first-order chi connectivity index (χ1) is 6.59. The normalized spacial score (nSPS) is 37.9. The van der Waals surface area contributed by atoms with Crippen molar-refractivity contribution < 1.29 is 4.74 Å². The van der Waals surface area contributed by atoms with Gasteiger partial charge in [-0.2, -0.15) is 0 Å². The Morgan fingerprint density at radius 1 is 1.14 bits per heavy atom. The first kappa shape index (κ1) is 10.4. The fraction of sp³-hybridized carbons (Fsp3) is 1.00. The first-order valence-electron chi connectivity index (χ1n) is 6.01. The lowest BCUT2D eigenvalue weighted by atomic mass is 9.72. The van der Waals surface area contributed by atoms with E-state index in [4.69, 9.17) is 10.5 Å². The van der Waals surface area contributed by atoms with E-state index >= 15 is 0 Å². The van der Waals surface area contributed by atoms with Gasteiger partial charge >= 0.3 is 0 Å². The number of hydrogen-bond donors (Lipinski definition) is 1. The van der Waals surface area contributed by atoms with E-state index in [1.165, 1.54) is 38.5 Å². The summed E-state index contributed by atoms with van der Waals surface area (Å²) in [6, 6.07) is 0.233. The Labute approximate surface area is 87.2 Å². The summed E-state index contributed by atoms with van der Waals surface area (Å²) in [5.41, 5.74) is 6.53. The van der Waals surface area contributed by atoms with Crippen molar-refractivity contribution in [2.45, 2.75) is 70.6 Å². The van der Waals surface area contributed by atoms with Gasteiger partial charge < -0.3 is 10.5 Å². The summed E-state index contributed by atoms with van der Waals surface area (Å²) in [6.45, 7) is 4.54. The molecule has 0 aromatic carbocycles. The summed E-state index contributed by atoms with van der Waals surface area (Å²) < 4.78 is 6.05. The molecule has 2 aliphatic rings. The highest BCUT2D eigenvalue weighted by Crippen LogP contribution is 2.37. The largest absolute Gasteiger partial charge is 0.373 e. The van der Waals surface area contributed by atoms with Gasteiger partial charge in [0.15, 0.2) is 0 Å². The molecule has 2 atom stereocenters. The maximum absolute atomic E-state index is 6.26. The van der Waals surface area contributed by atoms with Crippen LogP contribution in [0.3, 0.4) is 0 Å². The van der Waals surface area contributed by atoms with Gasteiger partial charge in [-0.05, 0) is 37.5 Å². The third kappa shape index (κ3) is 1.96. The quantitative estimate of drug-likeness (QED) is 0.738. The molecule has 0 radical (unpaired) electrons. The summed E-state index contributed by atoms with van der Waals surface area (Å²) >= 11 is 0. The Kier molecular flexibility index (Phi) is 2.85. The molecule has 0 amide bonds. The SMILES string of the molecule is CC1(C)CCCC(OC2CCC2)C1N. The van der Waals surface area contributed by atoms with Crippen LogP contribution in [0.1, 0.15) is 52.4 Å². The molecule has 0 aliphatic heterocycles. The summed E-state index contributed by atoms with van der Waals surface area (Å²) in [6.07, 6.45) is 8.39. The van der Waals surface area contributed by atoms with Crippen LogP contribution in [0.25, 0.3) is 0 Å². The van der Waals surface area contributed by atoms with Crippen molar-refractivity contribution in [3.8, 4) is 0 Å². The molecule has 2 nitrogen and oxygen atoms in total. The minimum absolute atomic E-state index is 0.233. The van der Waals surface area contributed by atoms with Crippen molar-refractivity contribution in [3.05, 3.63) is 0 Å². The molecule has 0 aromatic rings. The average molecular weight is 197 g/mol. The van der Waals surface area contributed by atoms with E-state index < -0.39 is 0 Å². The van der Waals surface area contributed by atoms with E-state index in [0.29, 0.717) is 12.2 Å². The van der Waals surface area contributed by atoms with Gasteiger partial charge in [0.05, 0.1) is 12.2 Å². The highest BCUT2D eigenvalue weighted by Gasteiger charge is 2.38. The van der Waals surface area contributed by atoms with E-state index in [2.05, 4.69) is 13.8 Å². The second kappa shape index (κ2) is 3.82. The predicted molar refractivity (Wildman–Crippen MR) is 58.1 cm³/mol. The second-order valence-electron chi connectivity index (χ2n) is 5.63.